The standard InChI is InChI=1S/C16H16BrClN2O3/c1-22-16(21)15-13(19-20-7-3-2-4-14(15)20)9-23-10-5-6-11(17)12(18)8-10/h5-6,8H,2-4,7,9H2,1H3. The van der Waals surface area contributed by atoms with E-state index >= 15 is 0 Å². The number of aryl methyl sites for hydroxylation is 1. The van der Waals surface area contributed by atoms with Gasteiger partial charge in [0.1, 0.15) is 23.6 Å². The maximum atomic E-state index is 12.1. The maximum Gasteiger partial charge on any atom is 0.341 e. The SMILES string of the molecule is COC(=O)c1c(COc2ccc(Br)c(Cl)c2)nn2c1CCCC2. The molecule has 0 aliphatic carbocycles. The number of aromatic nitrogens is 2. The Morgan fingerprint density at radius 2 is 2.26 bits per heavy atom. The minimum atomic E-state index is -0.361. The summed E-state index contributed by atoms with van der Waals surface area (Å²) >= 11 is 9.40. The second-order valence-electron chi connectivity index (χ2n) is 5.30. The van der Waals surface area contributed by atoms with E-state index in [1.165, 1.54) is 7.11 Å². The summed E-state index contributed by atoms with van der Waals surface area (Å²) in [6.45, 7) is 1.02. The average molecular weight is 400 g/mol. The summed E-state index contributed by atoms with van der Waals surface area (Å²) in [7, 11) is 1.38. The van der Waals surface area contributed by atoms with E-state index < -0.39 is 0 Å². The first-order chi connectivity index (χ1) is 11.1. The Morgan fingerprint density at radius 3 is 3.00 bits per heavy atom. The summed E-state index contributed by atoms with van der Waals surface area (Å²) in [6, 6.07) is 5.35. The van der Waals surface area contributed by atoms with Gasteiger partial charge >= 0.3 is 5.97 Å². The van der Waals surface area contributed by atoms with Crippen LogP contribution in [0.2, 0.25) is 5.02 Å². The average Bonchev–Trinajstić information content (AvgIpc) is 2.93. The van der Waals surface area contributed by atoms with Gasteiger partial charge in [-0.2, -0.15) is 5.10 Å². The molecule has 1 aromatic heterocycles. The molecule has 0 spiro atoms. The van der Waals surface area contributed by atoms with Gasteiger partial charge in [0.2, 0.25) is 0 Å². The number of hydrogen-bond acceptors (Lipinski definition) is 4. The van der Waals surface area contributed by atoms with Crippen molar-refractivity contribution in [2.45, 2.75) is 32.4 Å². The smallest absolute Gasteiger partial charge is 0.341 e. The highest BCUT2D eigenvalue weighted by atomic mass is 79.9. The molecule has 0 saturated carbocycles. The van der Waals surface area contributed by atoms with Gasteiger partial charge in [-0.1, -0.05) is 11.6 Å². The molecule has 0 N–H and O–H groups in total. The van der Waals surface area contributed by atoms with Gasteiger partial charge in [0.05, 0.1) is 17.8 Å². The number of ether oxygens (including phenoxy) is 2. The van der Waals surface area contributed by atoms with Crippen LogP contribution in [-0.2, 0) is 24.3 Å². The second-order valence-corrected chi connectivity index (χ2v) is 6.57. The van der Waals surface area contributed by atoms with E-state index in [0.29, 0.717) is 22.0 Å². The van der Waals surface area contributed by atoms with Crippen molar-refractivity contribution in [3.05, 3.63) is 44.6 Å². The molecule has 1 aliphatic heterocycles. The molecule has 5 nitrogen and oxygen atoms in total. The van der Waals surface area contributed by atoms with Crippen molar-refractivity contribution in [1.82, 2.24) is 9.78 Å². The number of hydrogen-bond donors (Lipinski definition) is 0. The quantitative estimate of drug-likeness (QED) is 0.729. The normalized spacial score (nSPS) is 13.5. The number of halogens is 2. The molecule has 122 valence electrons. The van der Waals surface area contributed by atoms with E-state index in [2.05, 4.69) is 21.0 Å². The number of carbonyl (C=O) groups is 1. The summed E-state index contributed by atoms with van der Waals surface area (Å²) in [6.07, 6.45) is 2.96. The molecule has 2 heterocycles. The minimum absolute atomic E-state index is 0.197. The molecule has 23 heavy (non-hydrogen) atoms. The maximum absolute atomic E-state index is 12.1. The van der Waals surface area contributed by atoms with Gasteiger partial charge in [0.25, 0.3) is 0 Å². The molecule has 2 aromatic rings. The third-order valence-corrected chi connectivity index (χ3v) is 5.05. The molecule has 0 radical (unpaired) electrons. The van der Waals surface area contributed by atoms with Crippen LogP contribution in [0.3, 0.4) is 0 Å². The Bertz CT molecular complexity index is 745. The van der Waals surface area contributed by atoms with Crippen LogP contribution in [-0.4, -0.2) is 22.9 Å². The predicted molar refractivity (Wildman–Crippen MR) is 90.0 cm³/mol. The summed E-state index contributed by atoms with van der Waals surface area (Å²) in [4.78, 5) is 12.1. The fourth-order valence-electron chi connectivity index (χ4n) is 2.70. The van der Waals surface area contributed by atoms with Crippen molar-refractivity contribution in [3.8, 4) is 5.75 Å². The van der Waals surface area contributed by atoms with Crippen LogP contribution in [0.15, 0.2) is 22.7 Å². The van der Waals surface area contributed by atoms with Gasteiger partial charge in [-0.05, 0) is 53.4 Å². The fraction of sp³-hybridized carbons (Fsp3) is 0.375. The third-order valence-electron chi connectivity index (χ3n) is 3.82. The number of fused-ring (bicyclic) bond motifs is 1. The van der Waals surface area contributed by atoms with E-state index in [-0.39, 0.29) is 12.6 Å². The predicted octanol–water partition coefficient (Wildman–Crippen LogP) is 4.00. The zero-order valence-corrected chi connectivity index (χ0v) is 15.0. The number of methoxy groups -OCH3 is 1. The molecular weight excluding hydrogens is 384 g/mol. The third kappa shape index (κ3) is 3.38. The number of esters is 1. The summed E-state index contributed by atoms with van der Waals surface area (Å²) < 4.78 is 13.4. The largest absolute Gasteiger partial charge is 0.487 e. The number of nitrogens with zero attached hydrogens (tertiary/aromatic N) is 2. The number of carbonyl (C=O) groups excluding carboxylic acids is 1. The van der Waals surface area contributed by atoms with E-state index in [4.69, 9.17) is 21.1 Å². The van der Waals surface area contributed by atoms with Gasteiger partial charge in [0.15, 0.2) is 0 Å². The lowest BCUT2D eigenvalue weighted by atomic mass is 10.1. The van der Waals surface area contributed by atoms with Crippen molar-refractivity contribution in [3.63, 3.8) is 0 Å². The molecule has 1 aromatic carbocycles. The number of rotatable bonds is 4. The molecule has 0 bridgehead atoms. The lowest BCUT2D eigenvalue weighted by Crippen LogP contribution is -2.14. The van der Waals surface area contributed by atoms with Crippen molar-refractivity contribution >= 4 is 33.5 Å². The Hall–Kier alpha value is -1.53. The lowest BCUT2D eigenvalue weighted by molar-refractivity contribution is 0.0596. The summed E-state index contributed by atoms with van der Waals surface area (Å²) in [5.74, 6) is 0.264. The molecule has 1 aliphatic rings. The van der Waals surface area contributed by atoms with Crippen LogP contribution < -0.4 is 4.74 Å². The van der Waals surface area contributed by atoms with Crippen LogP contribution in [0.4, 0.5) is 0 Å². The zero-order valence-electron chi connectivity index (χ0n) is 12.6. The Morgan fingerprint density at radius 1 is 1.43 bits per heavy atom. The molecular formula is C16H16BrClN2O3. The first-order valence-corrected chi connectivity index (χ1v) is 8.52. The van der Waals surface area contributed by atoms with Crippen molar-refractivity contribution in [1.29, 1.82) is 0 Å². The lowest BCUT2D eigenvalue weighted by Gasteiger charge is -2.13. The van der Waals surface area contributed by atoms with Crippen LogP contribution in [0.5, 0.6) is 5.75 Å². The highest BCUT2D eigenvalue weighted by Gasteiger charge is 2.26. The highest BCUT2D eigenvalue weighted by Crippen LogP contribution is 2.28. The Kier molecular flexibility index (Phi) is 4.92. The summed E-state index contributed by atoms with van der Waals surface area (Å²) in [5.41, 5.74) is 2.08. The van der Waals surface area contributed by atoms with Gasteiger partial charge in [0, 0.05) is 11.0 Å². The van der Waals surface area contributed by atoms with Crippen LogP contribution >= 0.6 is 27.5 Å². The first-order valence-electron chi connectivity index (χ1n) is 7.35. The molecule has 7 heteroatoms. The minimum Gasteiger partial charge on any atom is -0.487 e. The van der Waals surface area contributed by atoms with Crippen LogP contribution in [0.25, 0.3) is 0 Å². The van der Waals surface area contributed by atoms with E-state index in [9.17, 15) is 4.79 Å². The highest BCUT2D eigenvalue weighted by molar-refractivity contribution is 9.10. The van der Waals surface area contributed by atoms with Gasteiger partial charge in [-0.25, -0.2) is 4.79 Å². The van der Waals surface area contributed by atoms with E-state index in [1.54, 1.807) is 6.07 Å². The van der Waals surface area contributed by atoms with Crippen LogP contribution in [0, 0.1) is 0 Å². The van der Waals surface area contributed by atoms with E-state index in [1.807, 2.05) is 16.8 Å². The van der Waals surface area contributed by atoms with Crippen molar-refractivity contribution in [2.75, 3.05) is 7.11 Å². The molecule has 0 saturated heterocycles. The number of benzene rings is 1. The fourth-order valence-corrected chi connectivity index (χ4v) is 3.12. The Balaban J connectivity index is 1.85. The van der Waals surface area contributed by atoms with Crippen LogP contribution in [0.1, 0.15) is 34.6 Å². The van der Waals surface area contributed by atoms with E-state index in [0.717, 1.165) is 36.0 Å². The second kappa shape index (κ2) is 6.93. The molecule has 0 fully saturated rings. The molecule has 0 atom stereocenters. The zero-order chi connectivity index (χ0) is 16.4. The van der Waals surface area contributed by atoms with Crippen molar-refractivity contribution in [2.24, 2.45) is 0 Å². The monoisotopic (exact) mass is 398 g/mol. The summed E-state index contributed by atoms with van der Waals surface area (Å²) in [5, 5.41) is 5.09. The topological polar surface area (TPSA) is 53.4 Å². The van der Waals surface area contributed by atoms with Gasteiger partial charge in [-0.15, -0.1) is 0 Å². The van der Waals surface area contributed by atoms with Crippen molar-refractivity contribution < 1.29 is 14.3 Å². The molecule has 0 amide bonds. The molecule has 3 rings (SSSR count). The van der Waals surface area contributed by atoms with Gasteiger partial charge < -0.3 is 9.47 Å². The van der Waals surface area contributed by atoms with Gasteiger partial charge in [-0.3, -0.25) is 4.68 Å². The molecule has 0 unspecified atom stereocenters. The Labute approximate surface area is 147 Å². The first kappa shape index (κ1) is 16.3.